The van der Waals surface area contributed by atoms with Crippen LogP contribution >= 0.6 is 0 Å². The van der Waals surface area contributed by atoms with Crippen LogP contribution in [-0.2, 0) is 0 Å². The zero-order valence-electron chi connectivity index (χ0n) is 11.3. The predicted molar refractivity (Wildman–Crippen MR) is 76.6 cm³/mol. The highest BCUT2D eigenvalue weighted by molar-refractivity contribution is 5.69. The van der Waals surface area contributed by atoms with E-state index in [1.165, 1.54) is 18.7 Å². The van der Waals surface area contributed by atoms with Crippen molar-refractivity contribution in [2.75, 3.05) is 18.2 Å². The van der Waals surface area contributed by atoms with Crippen LogP contribution in [0.5, 0.6) is 5.75 Å². The maximum absolute atomic E-state index is 13.9. The second-order valence-corrected chi connectivity index (χ2v) is 4.52. The molecule has 19 heavy (non-hydrogen) atoms. The Labute approximate surface area is 112 Å². The van der Waals surface area contributed by atoms with E-state index < -0.39 is 5.82 Å². The molecular formula is C15H17FN2O. The number of methoxy groups -OCH3 is 1. The zero-order chi connectivity index (χ0) is 14.0. The average Bonchev–Trinajstić information content (AvgIpc) is 2.35. The van der Waals surface area contributed by atoms with Crippen LogP contribution in [0, 0.1) is 19.7 Å². The van der Waals surface area contributed by atoms with Gasteiger partial charge in [0, 0.05) is 17.8 Å². The van der Waals surface area contributed by atoms with Crippen LogP contribution in [0.4, 0.5) is 21.5 Å². The number of halogens is 1. The summed E-state index contributed by atoms with van der Waals surface area (Å²) in [7, 11) is 1.50. The highest BCUT2D eigenvalue weighted by Crippen LogP contribution is 2.31. The van der Waals surface area contributed by atoms with Crippen molar-refractivity contribution in [3.8, 4) is 5.75 Å². The summed E-state index contributed by atoms with van der Waals surface area (Å²) in [6, 6.07) is 8.75. The molecule has 0 aliphatic rings. The van der Waals surface area contributed by atoms with E-state index in [0.717, 1.165) is 11.3 Å². The Morgan fingerprint density at radius 3 is 2.47 bits per heavy atom. The van der Waals surface area contributed by atoms with Gasteiger partial charge in [0.1, 0.15) is 11.6 Å². The largest absolute Gasteiger partial charge is 0.495 e. The standard InChI is InChI=1S/C15H17FN2O/c1-9-4-5-13(10(2)6-9)18-14-8-15(19-3)12(17)7-11(14)16/h4-8,18H,17H2,1-3H3. The molecule has 0 unspecified atom stereocenters. The Bertz CT molecular complexity index is 611. The fourth-order valence-corrected chi connectivity index (χ4v) is 1.94. The molecule has 0 amide bonds. The Hall–Kier alpha value is -2.23. The molecule has 0 aliphatic heterocycles. The van der Waals surface area contributed by atoms with Crippen molar-refractivity contribution < 1.29 is 9.13 Å². The van der Waals surface area contributed by atoms with Crippen molar-refractivity contribution in [2.24, 2.45) is 0 Å². The van der Waals surface area contributed by atoms with Gasteiger partial charge >= 0.3 is 0 Å². The van der Waals surface area contributed by atoms with Gasteiger partial charge in [0.05, 0.1) is 18.5 Å². The maximum Gasteiger partial charge on any atom is 0.148 e. The number of nitrogens with two attached hydrogens (primary N) is 1. The van der Waals surface area contributed by atoms with Crippen molar-refractivity contribution in [3.05, 3.63) is 47.3 Å². The van der Waals surface area contributed by atoms with Crippen molar-refractivity contribution in [1.29, 1.82) is 0 Å². The molecule has 4 heteroatoms. The number of nitrogens with one attached hydrogen (secondary N) is 1. The lowest BCUT2D eigenvalue weighted by Gasteiger charge is -2.13. The van der Waals surface area contributed by atoms with Gasteiger partial charge in [-0.3, -0.25) is 0 Å². The Morgan fingerprint density at radius 2 is 1.84 bits per heavy atom. The minimum absolute atomic E-state index is 0.283. The summed E-state index contributed by atoms with van der Waals surface area (Å²) in [5.74, 6) is 0.0481. The van der Waals surface area contributed by atoms with E-state index in [2.05, 4.69) is 5.32 Å². The summed E-state index contributed by atoms with van der Waals surface area (Å²) in [6.45, 7) is 3.99. The van der Waals surface area contributed by atoms with Crippen LogP contribution in [0.15, 0.2) is 30.3 Å². The SMILES string of the molecule is COc1cc(Nc2ccc(C)cc2C)c(F)cc1N. The second kappa shape index (κ2) is 5.18. The minimum Gasteiger partial charge on any atom is -0.495 e. The highest BCUT2D eigenvalue weighted by Gasteiger charge is 2.09. The summed E-state index contributed by atoms with van der Waals surface area (Å²) in [5.41, 5.74) is 9.35. The lowest BCUT2D eigenvalue weighted by molar-refractivity contribution is 0.416. The average molecular weight is 260 g/mol. The molecule has 0 aliphatic carbocycles. The molecular weight excluding hydrogens is 243 g/mol. The predicted octanol–water partition coefficient (Wildman–Crippen LogP) is 3.78. The summed E-state index contributed by atoms with van der Waals surface area (Å²) in [5, 5.41) is 3.06. The molecule has 0 saturated heterocycles. The monoisotopic (exact) mass is 260 g/mol. The normalized spacial score (nSPS) is 10.3. The first-order chi connectivity index (χ1) is 9.01. The number of nitrogen functional groups attached to an aromatic ring is 1. The first kappa shape index (κ1) is 13.2. The molecule has 2 aromatic carbocycles. The van der Waals surface area contributed by atoms with Gasteiger partial charge in [0.15, 0.2) is 0 Å². The van der Waals surface area contributed by atoms with Gasteiger partial charge in [-0.2, -0.15) is 0 Å². The van der Waals surface area contributed by atoms with E-state index in [-0.39, 0.29) is 5.69 Å². The van der Waals surface area contributed by atoms with Crippen molar-refractivity contribution in [2.45, 2.75) is 13.8 Å². The number of benzene rings is 2. The van der Waals surface area contributed by atoms with E-state index in [1.54, 1.807) is 6.07 Å². The quantitative estimate of drug-likeness (QED) is 0.826. The smallest absolute Gasteiger partial charge is 0.148 e. The van der Waals surface area contributed by atoms with Crippen molar-refractivity contribution in [3.63, 3.8) is 0 Å². The number of ether oxygens (including phenoxy) is 1. The summed E-state index contributed by atoms with van der Waals surface area (Å²) in [4.78, 5) is 0. The van der Waals surface area contributed by atoms with Crippen LogP contribution in [0.25, 0.3) is 0 Å². The molecule has 2 aromatic rings. The molecule has 0 fully saturated rings. The summed E-state index contributed by atoms with van der Waals surface area (Å²) >= 11 is 0. The lowest BCUT2D eigenvalue weighted by atomic mass is 10.1. The molecule has 0 spiro atoms. The Morgan fingerprint density at radius 1 is 1.11 bits per heavy atom. The minimum atomic E-state index is -0.404. The molecule has 0 saturated carbocycles. The Balaban J connectivity index is 2.37. The zero-order valence-corrected chi connectivity index (χ0v) is 11.3. The van der Waals surface area contributed by atoms with Crippen LogP contribution in [0.1, 0.15) is 11.1 Å². The lowest BCUT2D eigenvalue weighted by Crippen LogP contribution is -2.00. The number of aryl methyl sites for hydroxylation is 2. The Kier molecular flexibility index (Phi) is 3.60. The van der Waals surface area contributed by atoms with Gasteiger partial charge in [-0.05, 0) is 25.5 Å². The highest BCUT2D eigenvalue weighted by atomic mass is 19.1. The van der Waals surface area contributed by atoms with Crippen molar-refractivity contribution >= 4 is 17.1 Å². The third-order valence-electron chi connectivity index (χ3n) is 2.97. The fraction of sp³-hybridized carbons (Fsp3) is 0.200. The van der Waals surface area contributed by atoms with Gasteiger partial charge < -0.3 is 15.8 Å². The van der Waals surface area contributed by atoms with Crippen LogP contribution in [0.3, 0.4) is 0 Å². The topological polar surface area (TPSA) is 47.3 Å². The van der Waals surface area contributed by atoms with Gasteiger partial charge in [-0.15, -0.1) is 0 Å². The van der Waals surface area contributed by atoms with Crippen LogP contribution in [-0.4, -0.2) is 7.11 Å². The summed E-state index contributed by atoms with van der Waals surface area (Å²) < 4.78 is 19.0. The van der Waals surface area contributed by atoms with Gasteiger partial charge in [0.25, 0.3) is 0 Å². The molecule has 0 radical (unpaired) electrons. The van der Waals surface area contributed by atoms with E-state index >= 15 is 0 Å². The fourth-order valence-electron chi connectivity index (χ4n) is 1.94. The molecule has 2 rings (SSSR count). The third kappa shape index (κ3) is 2.78. The van der Waals surface area contributed by atoms with Gasteiger partial charge in [0.2, 0.25) is 0 Å². The third-order valence-corrected chi connectivity index (χ3v) is 2.97. The van der Waals surface area contributed by atoms with Crippen molar-refractivity contribution in [1.82, 2.24) is 0 Å². The number of rotatable bonds is 3. The first-order valence-corrected chi connectivity index (χ1v) is 5.98. The van der Waals surface area contributed by atoms with Crippen LogP contribution in [0.2, 0.25) is 0 Å². The molecule has 3 nitrogen and oxygen atoms in total. The summed E-state index contributed by atoms with van der Waals surface area (Å²) in [6.07, 6.45) is 0. The van der Waals surface area contributed by atoms with E-state index in [4.69, 9.17) is 10.5 Å². The van der Waals surface area contributed by atoms with Gasteiger partial charge in [-0.25, -0.2) is 4.39 Å². The van der Waals surface area contributed by atoms with E-state index in [1.807, 2.05) is 32.0 Å². The molecule has 0 aromatic heterocycles. The number of hydrogen-bond donors (Lipinski definition) is 2. The molecule has 0 bridgehead atoms. The molecule has 3 N–H and O–H groups in total. The molecule has 0 atom stereocenters. The van der Waals surface area contributed by atoms with Crippen LogP contribution < -0.4 is 15.8 Å². The number of hydrogen-bond acceptors (Lipinski definition) is 3. The van der Waals surface area contributed by atoms with Gasteiger partial charge in [-0.1, -0.05) is 17.7 Å². The maximum atomic E-state index is 13.9. The van der Waals surface area contributed by atoms with E-state index in [0.29, 0.717) is 11.4 Å². The number of anilines is 3. The molecule has 0 heterocycles. The van der Waals surface area contributed by atoms with E-state index in [9.17, 15) is 4.39 Å². The molecule has 100 valence electrons. The second-order valence-electron chi connectivity index (χ2n) is 4.52. The first-order valence-electron chi connectivity index (χ1n) is 5.98.